The highest BCUT2D eigenvalue weighted by Gasteiger charge is 2.26. The molecular formula is C46H52F2N14O3. The van der Waals surface area contributed by atoms with E-state index in [9.17, 15) is 14.0 Å². The number of nitrogens with zero attached hydrogens (tertiary/aromatic N) is 10. The fourth-order valence-electron chi connectivity index (χ4n) is 8.04. The Morgan fingerprint density at radius 2 is 1.20 bits per heavy atom. The lowest BCUT2D eigenvalue weighted by molar-refractivity contribution is -0.134. The van der Waals surface area contributed by atoms with Gasteiger partial charge in [-0.15, -0.1) is 0 Å². The van der Waals surface area contributed by atoms with E-state index in [-0.39, 0.29) is 60.5 Å². The van der Waals surface area contributed by atoms with Crippen molar-refractivity contribution in [3.8, 4) is 17.1 Å². The topological polar surface area (TPSA) is 213 Å². The Bertz CT molecular complexity index is 2950. The van der Waals surface area contributed by atoms with Gasteiger partial charge in [0.15, 0.2) is 17.5 Å². The van der Waals surface area contributed by atoms with Crippen molar-refractivity contribution in [3.05, 3.63) is 89.8 Å². The van der Waals surface area contributed by atoms with Gasteiger partial charge >= 0.3 is 6.01 Å². The van der Waals surface area contributed by atoms with Crippen LogP contribution in [0.25, 0.3) is 32.7 Å². The number of anilines is 6. The second kappa shape index (κ2) is 18.0. The number of pyridine rings is 2. The van der Waals surface area contributed by atoms with Crippen LogP contribution in [-0.2, 0) is 35.5 Å². The van der Waals surface area contributed by atoms with E-state index in [4.69, 9.17) is 16.2 Å². The first-order valence-electron chi connectivity index (χ1n) is 21.5. The Kier molecular flexibility index (Phi) is 12.2. The van der Waals surface area contributed by atoms with Crippen LogP contribution in [0.15, 0.2) is 61.1 Å². The maximum Gasteiger partial charge on any atom is 0.316 e. The summed E-state index contributed by atoms with van der Waals surface area (Å²) in [5.41, 5.74) is 15.4. The number of carbonyl (C=O) groups is 2. The maximum absolute atomic E-state index is 15.3. The molecule has 0 saturated carbocycles. The van der Waals surface area contributed by atoms with Gasteiger partial charge in [-0.1, -0.05) is 6.07 Å². The highest BCUT2D eigenvalue weighted by molar-refractivity contribution is 5.98. The highest BCUT2D eigenvalue weighted by Crippen LogP contribution is 2.36. The van der Waals surface area contributed by atoms with Gasteiger partial charge in [-0.05, 0) is 83.5 Å². The fraction of sp³-hybridized carbons (Fsp3) is 0.348. The summed E-state index contributed by atoms with van der Waals surface area (Å²) in [5.74, 6) is 1.41. The Morgan fingerprint density at radius 3 is 1.72 bits per heavy atom. The first kappa shape index (κ1) is 44.2. The highest BCUT2D eigenvalue weighted by atomic mass is 19.1. The molecule has 0 unspecified atom stereocenters. The lowest BCUT2D eigenvalue weighted by Crippen LogP contribution is -2.38. The van der Waals surface area contributed by atoms with Crippen LogP contribution in [0.4, 0.5) is 43.4 Å². The molecule has 0 fully saturated rings. The molecule has 17 nitrogen and oxygen atoms in total. The van der Waals surface area contributed by atoms with Crippen molar-refractivity contribution in [2.45, 2.75) is 92.6 Å². The molecule has 65 heavy (non-hydrogen) atoms. The summed E-state index contributed by atoms with van der Waals surface area (Å²) in [6.07, 6.45) is 6.01. The van der Waals surface area contributed by atoms with Crippen LogP contribution in [0, 0.1) is 18.6 Å². The summed E-state index contributed by atoms with van der Waals surface area (Å²) < 4.78 is 37.9. The minimum absolute atomic E-state index is 0.000354. The number of rotatable bonds is 9. The van der Waals surface area contributed by atoms with Gasteiger partial charge in [-0.2, -0.15) is 15.2 Å². The molecule has 0 atom stereocenters. The van der Waals surface area contributed by atoms with Gasteiger partial charge in [0.25, 0.3) is 0 Å². The third-order valence-electron chi connectivity index (χ3n) is 11.4. The Morgan fingerprint density at radius 1 is 0.662 bits per heavy atom. The molecule has 0 bridgehead atoms. The van der Waals surface area contributed by atoms with Gasteiger partial charge in [-0.25, -0.2) is 23.7 Å². The number of carbonyl (C=O) groups excluding carboxylic acids is 2. The Balaban J connectivity index is 0.000000188. The van der Waals surface area contributed by atoms with Crippen LogP contribution in [0.5, 0.6) is 6.01 Å². The van der Waals surface area contributed by atoms with Gasteiger partial charge < -0.3 is 36.6 Å². The number of fused-ring (bicyclic) bond motifs is 4. The Hall–Kier alpha value is -7.44. The zero-order valence-electron chi connectivity index (χ0n) is 37.4. The van der Waals surface area contributed by atoms with Crippen molar-refractivity contribution in [3.63, 3.8) is 0 Å². The lowest BCUT2D eigenvalue weighted by atomic mass is 10.00. The molecule has 0 saturated heterocycles. The van der Waals surface area contributed by atoms with Crippen LogP contribution in [0.3, 0.4) is 0 Å². The smallest absolute Gasteiger partial charge is 0.316 e. The number of benzene rings is 2. The third-order valence-corrected chi connectivity index (χ3v) is 11.4. The van der Waals surface area contributed by atoms with Gasteiger partial charge in [0.1, 0.15) is 30.5 Å². The molecule has 9 rings (SSSR count). The molecule has 0 radical (unpaired) electrons. The number of hydrogen-bond acceptors (Lipinski definition) is 13. The summed E-state index contributed by atoms with van der Waals surface area (Å²) in [5, 5.41) is 18.0. The number of halogens is 2. The molecule has 0 spiro atoms. The minimum Gasteiger partial charge on any atom is -0.461 e. The Labute approximate surface area is 374 Å². The lowest BCUT2D eigenvalue weighted by Gasteiger charge is -2.24. The fourth-order valence-corrected chi connectivity index (χ4v) is 8.04. The largest absolute Gasteiger partial charge is 0.461 e. The number of nitrogens with two attached hydrogens (primary N) is 2. The monoisotopic (exact) mass is 886 g/mol. The summed E-state index contributed by atoms with van der Waals surface area (Å²) in [6, 6.07) is 12.7. The predicted octanol–water partition coefficient (Wildman–Crippen LogP) is 6.93. The van der Waals surface area contributed by atoms with Gasteiger partial charge in [0.05, 0.1) is 23.2 Å². The average Bonchev–Trinajstić information content (AvgIpc) is 3.71. The van der Waals surface area contributed by atoms with Crippen molar-refractivity contribution in [2.75, 3.05) is 35.2 Å². The van der Waals surface area contributed by atoms with Crippen molar-refractivity contribution >= 4 is 68.0 Å². The van der Waals surface area contributed by atoms with E-state index in [1.165, 1.54) is 12.3 Å². The van der Waals surface area contributed by atoms with Crippen LogP contribution in [0.2, 0.25) is 0 Å². The number of nitrogens with one attached hydrogen (secondary N) is 2. The molecular weight excluding hydrogens is 835 g/mol. The van der Waals surface area contributed by atoms with Crippen LogP contribution in [0.1, 0.15) is 58.6 Å². The quantitative estimate of drug-likeness (QED) is 0.108. The second-order valence-corrected chi connectivity index (χ2v) is 17.0. The molecule has 2 aromatic carbocycles. The normalized spacial score (nSPS) is 14.1. The minimum atomic E-state index is -0.554. The summed E-state index contributed by atoms with van der Waals surface area (Å²) in [6.45, 7) is 15.4. The molecule has 338 valence electrons. The molecule has 7 heterocycles. The molecule has 2 amide bonds. The van der Waals surface area contributed by atoms with Crippen molar-refractivity contribution in [1.29, 1.82) is 0 Å². The summed E-state index contributed by atoms with van der Waals surface area (Å²) in [7, 11) is 0. The zero-order chi connectivity index (χ0) is 46.3. The number of amides is 2. The second-order valence-electron chi connectivity index (χ2n) is 17.0. The van der Waals surface area contributed by atoms with E-state index in [1.54, 1.807) is 52.9 Å². The van der Waals surface area contributed by atoms with Crippen molar-refractivity contribution in [1.82, 2.24) is 49.3 Å². The number of aromatic nitrogens is 8. The zero-order valence-corrected chi connectivity index (χ0v) is 37.4. The first-order chi connectivity index (χ1) is 31.0. The molecule has 7 aromatic rings. The van der Waals surface area contributed by atoms with E-state index < -0.39 is 11.6 Å². The molecule has 19 heteroatoms. The van der Waals surface area contributed by atoms with Crippen LogP contribution >= 0.6 is 0 Å². The standard InChI is InChI=1S/C27H31FN8O2.C19H21FN6O/c1-14(2)35-7-6-18-10-23(34-36(18)13-24(35)37)33-22-9-17-8-19(25(28)26(29)21(17)12-30-22)20-11-31-27(32-16(20)5)38-15(3)4;1-11(2)25-6-5-13-8-17(24-26(13)10-18(25)27)23-16-7-12-3-4-15(20)19(21)14(12)9-22-16/h8-12,14-15H,6-7,13,29H2,1-5H3,(H,30,33,34);3-4,7-9,11H,5-6,10,21H2,1-2H3,(H,22,23,24). The molecule has 2 aliphatic rings. The molecule has 5 aromatic heterocycles. The van der Waals surface area contributed by atoms with E-state index >= 15 is 4.39 Å². The number of hydrogen-bond donors (Lipinski definition) is 4. The maximum atomic E-state index is 15.3. The SMILES string of the molecule is CC(C)N1CCc2cc(Nc3cc4ccc(F)c(N)c4cn3)nn2CC1=O.Cc1nc(OC(C)C)ncc1-c1cc2cc(Nc3cc4n(n3)CC(=O)N(C(C)C)CC4)ncc2c(N)c1F. The number of nitrogen functional groups attached to an aromatic ring is 2. The van der Waals surface area contributed by atoms with Gasteiger partial charge in [-0.3, -0.25) is 19.0 Å². The van der Waals surface area contributed by atoms with E-state index in [1.807, 2.05) is 63.5 Å². The van der Waals surface area contributed by atoms with Gasteiger partial charge in [0.2, 0.25) is 11.8 Å². The molecule has 2 aliphatic heterocycles. The van der Waals surface area contributed by atoms with E-state index in [0.29, 0.717) is 75.8 Å². The van der Waals surface area contributed by atoms with Crippen LogP contribution in [-0.4, -0.2) is 92.4 Å². The number of ether oxygens (including phenoxy) is 1. The molecule has 0 aliphatic carbocycles. The average molecular weight is 887 g/mol. The first-order valence-corrected chi connectivity index (χ1v) is 21.5. The van der Waals surface area contributed by atoms with Crippen molar-refractivity contribution < 1.29 is 23.1 Å². The van der Waals surface area contributed by atoms with Crippen LogP contribution < -0.4 is 26.8 Å². The summed E-state index contributed by atoms with van der Waals surface area (Å²) in [4.78, 5) is 46.0. The third kappa shape index (κ3) is 9.30. The van der Waals surface area contributed by atoms with Crippen molar-refractivity contribution in [2.24, 2.45) is 0 Å². The predicted molar refractivity (Wildman–Crippen MR) is 246 cm³/mol. The van der Waals surface area contributed by atoms with Gasteiger partial charge in [0, 0.05) is 102 Å². The van der Waals surface area contributed by atoms with E-state index in [2.05, 4.69) is 40.8 Å². The summed E-state index contributed by atoms with van der Waals surface area (Å²) >= 11 is 0. The number of aryl methyl sites for hydroxylation is 1. The molecule has 6 N–H and O–H groups in total. The van der Waals surface area contributed by atoms with E-state index in [0.717, 1.165) is 23.2 Å².